The smallest absolute Gasteiger partial charge is 0.342 e. The molecule has 0 aliphatic heterocycles. The van der Waals surface area contributed by atoms with Crippen LogP contribution in [0.3, 0.4) is 0 Å². The van der Waals surface area contributed by atoms with Crippen LogP contribution in [0, 0.1) is 0 Å². The summed E-state index contributed by atoms with van der Waals surface area (Å²) >= 11 is 5.94. The molecule has 0 bridgehead atoms. The molecule has 0 aliphatic carbocycles. The number of hydrogen-bond acceptors (Lipinski definition) is 4. The van der Waals surface area contributed by atoms with Gasteiger partial charge in [-0.2, -0.15) is 0 Å². The number of hydrogen-bond donors (Lipinski definition) is 0. The quantitative estimate of drug-likeness (QED) is 0.439. The highest BCUT2D eigenvalue weighted by Crippen LogP contribution is 2.27. The number of Topliss-reactive ketones (excluding diaryl/α,β-unsaturated/α-hetero) is 1. The van der Waals surface area contributed by atoms with Crippen molar-refractivity contribution in [2.45, 2.75) is 6.10 Å². The van der Waals surface area contributed by atoms with Gasteiger partial charge in [-0.1, -0.05) is 66.2 Å². The first kappa shape index (κ1) is 18.7. The molecule has 5 heteroatoms. The van der Waals surface area contributed by atoms with E-state index < -0.39 is 12.1 Å². The zero-order valence-corrected chi connectivity index (χ0v) is 15.3. The number of methoxy groups -OCH3 is 1. The van der Waals surface area contributed by atoms with E-state index in [1.807, 2.05) is 6.07 Å². The van der Waals surface area contributed by atoms with Crippen molar-refractivity contribution in [3.05, 3.63) is 101 Å². The summed E-state index contributed by atoms with van der Waals surface area (Å²) in [5, 5.41) is 0.528. The lowest BCUT2D eigenvalue weighted by Crippen LogP contribution is -2.20. The Labute approximate surface area is 162 Å². The molecule has 0 aliphatic rings. The van der Waals surface area contributed by atoms with E-state index in [-0.39, 0.29) is 11.3 Å². The van der Waals surface area contributed by atoms with Gasteiger partial charge in [0.1, 0.15) is 11.3 Å². The van der Waals surface area contributed by atoms with Gasteiger partial charge in [0.05, 0.1) is 7.11 Å². The van der Waals surface area contributed by atoms with Gasteiger partial charge in [-0.25, -0.2) is 4.79 Å². The Morgan fingerprint density at radius 3 is 2.15 bits per heavy atom. The van der Waals surface area contributed by atoms with Crippen molar-refractivity contribution in [1.82, 2.24) is 0 Å². The van der Waals surface area contributed by atoms with Crippen LogP contribution in [0.5, 0.6) is 5.75 Å². The number of carbonyl (C=O) groups excluding carboxylic acids is 2. The average Bonchev–Trinajstić information content (AvgIpc) is 2.72. The van der Waals surface area contributed by atoms with Crippen molar-refractivity contribution in [2.24, 2.45) is 0 Å². The molecule has 1 atom stereocenters. The van der Waals surface area contributed by atoms with Gasteiger partial charge in [0, 0.05) is 16.1 Å². The summed E-state index contributed by atoms with van der Waals surface area (Å²) in [6, 6.07) is 22.0. The van der Waals surface area contributed by atoms with E-state index >= 15 is 0 Å². The van der Waals surface area contributed by atoms with Crippen LogP contribution in [0.15, 0.2) is 78.9 Å². The van der Waals surface area contributed by atoms with E-state index in [1.54, 1.807) is 72.8 Å². The number of halogens is 1. The van der Waals surface area contributed by atoms with Gasteiger partial charge in [0.25, 0.3) is 0 Å². The molecule has 0 heterocycles. The van der Waals surface area contributed by atoms with Gasteiger partial charge < -0.3 is 9.47 Å². The van der Waals surface area contributed by atoms with Gasteiger partial charge in [-0.15, -0.1) is 0 Å². The Morgan fingerprint density at radius 2 is 1.48 bits per heavy atom. The van der Waals surface area contributed by atoms with Crippen molar-refractivity contribution in [1.29, 1.82) is 0 Å². The van der Waals surface area contributed by atoms with Crippen LogP contribution in [-0.2, 0) is 4.74 Å². The minimum atomic E-state index is -1.10. The Kier molecular flexibility index (Phi) is 5.89. The molecule has 3 rings (SSSR count). The van der Waals surface area contributed by atoms with Crippen molar-refractivity contribution in [3.8, 4) is 5.75 Å². The van der Waals surface area contributed by atoms with Crippen LogP contribution in [-0.4, -0.2) is 18.9 Å². The minimum Gasteiger partial charge on any atom is -0.496 e. The van der Waals surface area contributed by atoms with E-state index in [1.165, 1.54) is 7.11 Å². The molecule has 0 fully saturated rings. The zero-order chi connectivity index (χ0) is 19.2. The zero-order valence-electron chi connectivity index (χ0n) is 14.6. The maximum absolute atomic E-state index is 13.0. The van der Waals surface area contributed by atoms with E-state index in [0.29, 0.717) is 21.9 Å². The molecule has 0 radical (unpaired) electrons. The Bertz CT molecular complexity index is 936. The lowest BCUT2D eigenvalue weighted by atomic mass is 9.99. The number of para-hydroxylation sites is 1. The van der Waals surface area contributed by atoms with Crippen LogP contribution >= 0.6 is 11.6 Å². The summed E-state index contributed by atoms with van der Waals surface area (Å²) < 4.78 is 10.8. The SMILES string of the molecule is COc1ccccc1C(=O)O[C@H](C(=O)c1ccccc1)c1ccc(Cl)cc1. The van der Waals surface area contributed by atoms with Gasteiger partial charge >= 0.3 is 5.97 Å². The fourth-order valence-corrected chi connectivity index (χ4v) is 2.77. The molecule has 3 aromatic carbocycles. The molecule has 0 saturated heterocycles. The molecule has 136 valence electrons. The summed E-state index contributed by atoms with van der Waals surface area (Å²) in [6.45, 7) is 0. The summed E-state index contributed by atoms with van der Waals surface area (Å²) in [7, 11) is 1.47. The summed E-state index contributed by atoms with van der Waals surface area (Å²) in [5.41, 5.74) is 1.24. The molecule has 0 N–H and O–H groups in total. The third-order valence-corrected chi connectivity index (χ3v) is 4.27. The second-order valence-corrected chi connectivity index (χ2v) is 6.20. The predicted molar refractivity (Wildman–Crippen MR) is 103 cm³/mol. The van der Waals surface area contributed by atoms with Crippen LogP contribution in [0.25, 0.3) is 0 Å². The largest absolute Gasteiger partial charge is 0.496 e. The third kappa shape index (κ3) is 4.36. The third-order valence-electron chi connectivity index (χ3n) is 4.02. The summed E-state index contributed by atoms with van der Waals surface area (Å²) in [5.74, 6) is -0.581. The van der Waals surface area contributed by atoms with Gasteiger partial charge in [-0.3, -0.25) is 4.79 Å². The molecule has 0 unspecified atom stereocenters. The maximum atomic E-state index is 13.0. The minimum absolute atomic E-state index is 0.250. The molecule has 0 aromatic heterocycles. The topological polar surface area (TPSA) is 52.6 Å². The second-order valence-electron chi connectivity index (χ2n) is 5.77. The van der Waals surface area contributed by atoms with Crippen molar-refractivity contribution in [2.75, 3.05) is 7.11 Å². The highest BCUT2D eigenvalue weighted by Gasteiger charge is 2.27. The fourth-order valence-electron chi connectivity index (χ4n) is 2.65. The fraction of sp³-hybridized carbons (Fsp3) is 0.0909. The number of ether oxygens (including phenoxy) is 2. The number of rotatable bonds is 6. The lowest BCUT2D eigenvalue weighted by molar-refractivity contribution is 0.0277. The predicted octanol–water partition coefficient (Wildman–Crippen LogP) is 5.13. The molecule has 27 heavy (non-hydrogen) atoms. The molecule has 4 nitrogen and oxygen atoms in total. The van der Waals surface area contributed by atoms with Gasteiger partial charge in [-0.05, 0) is 24.3 Å². The number of esters is 1. The Hall–Kier alpha value is -3.11. The Morgan fingerprint density at radius 1 is 0.852 bits per heavy atom. The van der Waals surface area contributed by atoms with Crippen molar-refractivity contribution >= 4 is 23.4 Å². The van der Waals surface area contributed by atoms with Crippen LogP contribution in [0.4, 0.5) is 0 Å². The standard InChI is InChI=1S/C22H17ClO4/c1-26-19-10-6-5-9-18(19)22(25)27-21(16-11-13-17(23)14-12-16)20(24)15-7-3-2-4-8-15/h2-14,21H,1H3/t21-/m0/s1. The van der Waals surface area contributed by atoms with Crippen LogP contribution < -0.4 is 4.74 Å². The lowest BCUT2D eigenvalue weighted by Gasteiger charge is -2.18. The highest BCUT2D eigenvalue weighted by molar-refractivity contribution is 6.30. The van der Waals surface area contributed by atoms with Gasteiger partial charge in [0.15, 0.2) is 6.10 Å². The second kappa shape index (κ2) is 8.52. The summed E-state index contributed by atoms with van der Waals surface area (Å²) in [6.07, 6.45) is -1.10. The van der Waals surface area contributed by atoms with E-state index in [4.69, 9.17) is 21.1 Å². The van der Waals surface area contributed by atoms with E-state index in [9.17, 15) is 9.59 Å². The van der Waals surface area contributed by atoms with E-state index in [2.05, 4.69) is 0 Å². The number of carbonyl (C=O) groups is 2. The Balaban J connectivity index is 1.96. The van der Waals surface area contributed by atoms with Gasteiger partial charge in [0.2, 0.25) is 5.78 Å². The number of ketones is 1. The van der Waals surface area contributed by atoms with Crippen molar-refractivity contribution in [3.63, 3.8) is 0 Å². The monoisotopic (exact) mass is 380 g/mol. The number of benzene rings is 3. The first-order chi connectivity index (χ1) is 13.1. The van der Waals surface area contributed by atoms with E-state index in [0.717, 1.165) is 0 Å². The molecular formula is C22H17ClO4. The molecule has 0 saturated carbocycles. The first-order valence-electron chi connectivity index (χ1n) is 8.29. The van der Waals surface area contributed by atoms with Crippen LogP contribution in [0.1, 0.15) is 32.4 Å². The molecule has 3 aromatic rings. The first-order valence-corrected chi connectivity index (χ1v) is 8.66. The normalized spacial score (nSPS) is 11.5. The van der Waals surface area contributed by atoms with Crippen LogP contribution in [0.2, 0.25) is 5.02 Å². The molecule has 0 amide bonds. The summed E-state index contributed by atoms with van der Waals surface area (Å²) in [4.78, 5) is 25.7. The highest BCUT2D eigenvalue weighted by atomic mass is 35.5. The average molecular weight is 381 g/mol. The molecule has 0 spiro atoms. The van der Waals surface area contributed by atoms with Crippen molar-refractivity contribution < 1.29 is 19.1 Å². The maximum Gasteiger partial charge on any atom is 0.342 e. The molecular weight excluding hydrogens is 364 g/mol.